The van der Waals surface area contributed by atoms with Crippen molar-refractivity contribution >= 4 is 5.95 Å². The number of aromatic nitrogens is 3. The molecule has 3 N–H and O–H groups in total. The topological polar surface area (TPSA) is 76.7 Å². The van der Waals surface area contributed by atoms with Crippen LogP contribution in [-0.2, 0) is 12.8 Å². The highest BCUT2D eigenvalue weighted by molar-refractivity contribution is 5.25. The minimum absolute atomic E-state index is 0.246. The van der Waals surface area contributed by atoms with Crippen molar-refractivity contribution in [2.75, 3.05) is 11.9 Å². The van der Waals surface area contributed by atoms with Gasteiger partial charge in [-0.05, 0) is 25.7 Å². The summed E-state index contributed by atoms with van der Waals surface area (Å²) in [6.45, 7) is 7.04. The van der Waals surface area contributed by atoms with Gasteiger partial charge in [-0.3, -0.25) is 0 Å². The lowest BCUT2D eigenvalue weighted by atomic mass is 10.2. The second-order valence-corrected chi connectivity index (χ2v) is 4.12. The van der Waals surface area contributed by atoms with Gasteiger partial charge in [0.25, 0.3) is 0 Å². The van der Waals surface area contributed by atoms with Gasteiger partial charge in [-0.1, -0.05) is 20.8 Å². The number of nitrogens with zero attached hydrogens (tertiary/aromatic N) is 3. The molecule has 0 saturated carbocycles. The van der Waals surface area contributed by atoms with Crippen molar-refractivity contribution in [1.82, 2.24) is 15.2 Å². The lowest BCUT2D eigenvalue weighted by molar-refractivity contribution is 0.611. The Morgan fingerprint density at radius 1 is 1.12 bits per heavy atom. The standard InChI is InChI=1S/C12H23N5/c1-4-9(13)7-8-14-12-15-10(5-2)11(6-3)16-17-12/h9H,4-8,13H2,1-3H3,(H,14,15,17). The molecular weight excluding hydrogens is 214 g/mol. The first-order valence-electron chi connectivity index (χ1n) is 6.43. The van der Waals surface area contributed by atoms with Gasteiger partial charge < -0.3 is 11.1 Å². The largest absolute Gasteiger partial charge is 0.353 e. The van der Waals surface area contributed by atoms with E-state index in [1.54, 1.807) is 0 Å². The molecule has 1 atom stereocenters. The maximum Gasteiger partial charge on any atom is 0.242 e. The maximum atomic E-state index is 5.84. The van der Waals surface area contributed by atoms with E-state index in [9.17, 15) is 0 Å². The summed E-state index contributed by atoms with van der Waals surface area (Å²) in [7, 11) is 0. The predicted molar refractivity (Wildman–Crippen MR) is 70.0 cm³/mol. The average Bonchev–Trinajstić information content (AvgIpc) is 2.38. The number of nitrogens with two attached hydrogens (primary N) is 1. The summed E-state index contributed by atoms with van der Waals surface area (Å²) in [5, 5.41) is 11.4. The van der Waals surface area contributed by atoms with Gasteiger partial charge in [-0.15, -0.1) is 5.10 Å². The van der Waals surface area contributed by atoms with Gasteiger partial charge in [-0.25, -0.2) is 4.98 Å². The van der Waals surface area contributed by atoms with Gasteiger partial charge in [0, 0.05) is 12.6 Å². The summed E-state index contributed by atoms with van der Waals surface area (Å²) in [6, 6.07) is 0.246. The highest BCUT2D eigenvalue weighted by Gasteiger charge is 2.06. The Hall–Kier alpha value is -1.23. The molecular formula is C12H23N5. The average molecular weight is 237 g/mol. The fourth-order valence-electron chi connectivity index (χ4n) is 1.59. The van der Waals surface area contributed by atoms with Crippen LogP contribution in [0.2, 0.25) is 0 Å². The molecule has 5 nitrogen and oxygen atoms in total. The van der Waals surface area contributed by atoms with Crippen molar-refractivity contribution in [3.05, 3.63) is 11.4 Å². The minimum Gasteiger partial charge on any atom is -0.353 e. The van der Waals surface area contributed by atoms with E-state index in [4.69, 9.17) is 5.73 Å². The third kappa shape index (κ3) is 4.26. The highest BCUT2D eigenvalue weighted by Crippen LogP contribution is 2.06. The van der Waals surface area contributed by atoms with Crippen LogP contribution in [0.3, 0.4) is 0 Å². The summed E-state index contributed by atoms with van der Waals surface area (Å²) < 4.78 is 0. The first kappa shape index (κ1) is 13.8. The fraction of sp³-hybridized carbons (Fsp3) is 0.750. The van der Waals surface area contributed by atoms with Gasteiger partial charge >= 0.3 is 0 Å². The van der Waals surface area contributed by atoms with E-state index in [-0.39, 0.29) is 6.04 Å². The van der Waals surface area contributed by atoms with Crippen LogP contribution in [0.1, 0.15) is 45.0 Å². The van der Waals surface area contributed by atoms with Gasteiger partial charge in [-0.2, -0.15) is 5.10 Å². The third-order valence-electron chi connectivity index (χ3n) is 2.83. The molecule has 5 heteroatoms. The molecule has 0 aliphatic carbocycles. The van der Waals surface area contributed by atoms with E-state index < -0.39 is 0 Å². The molecule has 1 unspecified atom stereocenters. The summed E-state index contributed by atoms with van der Waals surface area (Å²) in [6.07, 6.45) is 3.69. The molecule has 1 aromatic heterocycles. The smallest absolute Gasteiger partial charge is 0.242 e. The second-order valence-electron chi connectivity index (χ2n) is 4.12. The Bertz CT molecular complexity index is 340. The monoisotopic (exact) mass is 237 g/mol. The van der Waals surface area contributed by atoms with Crippen LogP contribution in [0.15, 0.2) is 0 Å². The normalized spacial score (nSPS) is 12.5. The SMILES string of the molecule is CCc1nnc(NCCC(N)CC)nc1CC. The van der Waals surface area contributed by atoms with Crippen LogP contribution in [0.25, 0.3) is 0 Å². The first-order valence-corrected chi connectivity index (χ1v) is 6.43. The highest BCUT2D eigenvalue weighted by atomic mass is 15.2. The molecule has 0 radical (unpaired) electrons. The Kier molecular flexibility index (Phi) is 5.83. The molecule has 0 saturated heterocycles. The molecule has 1 rings (SSSR count). The number of nitrogens with one attached hydrogen (secondary N) is 1. The molecule has 0 aromatic carbocycles. The molecule has 17 heavy (non-hydrogen) atoms. The Labute approximate surface area is 103 Å². The molecule has 96 valence electrons. The zero-order valence-corrected chi connectivity index (χ0v) is 11.0. The zero-order chi connectivity index (χ0) is 12.7. The quantitative estimate of drug-likeness (QED) is 0.752. The van der Waals surface area contributed by atoms with Crippen molar-refractivity contribution in [2.24, 2.45) is 5.73 Å². The third-order valence-corrected chi connectivity index (χ3v) is 2.83. The molecule has 0 aliphatic heterocycles. The number of anilines is 1. The molecule has 0 aliphatic rings. The van der Waals surface area contributed by atoms with Crippen LogP contribution >= 0.6 is 0 Å². The van der Waals surface area contributed by atoms with Crippen LogP contribution < -0.4 is 11.1 Å². The lowest BCUT2D eigenvalue weighted by Gasteiger charge is -2.10. The second kappa shape index (κ2) is 7.17. The van der Waals surface area contributed by atoms with E-state index in [0.29, 0.717) is 5.95 Å². The van der Waals surface area contributed by atoms with Gasteiger partial charge in [0.1, 0.15) is 0 Å². The Balaban J connectivity index is 2.54. The number of hydrogen-bond donors (Lipinski definition) is 2. The number of aryl methyl sites for hydroxylation is 2. The molecule has 0 spiro atoms. The van der Waals surface area contributed by atoms with E-state index in [0.717, 1.165) is 43.6 Å². The van der Waals surface area contributed by atoms with Gasteiger partial charge in [0.2, 0.25) is 5.95 Å². The van der Waals surface area contributed by atoms with Crippen molar-refractivity contribution in [3.8, 4) is 0 Å². The fourth-order valence-corrected chi connectivity index (χ4v) is 1.59. The van der Waals surface area contributed by atoms with Gasteiger partial charge in [0.15, 0.2) is 0 Å². The number of rotatable bonds is 7. The van der Waals surface area contributed by atoms with Crippen molar-refractivity contribution in [3.63, 3.8) is 0 Å². The van der Waals surface area contributed by atoms with E-state index in [1.165, 1.54) is 0 Å². The predicted octanol–water partition coefficient (Wildman–Crippen LogP) is 1.54. The molecule has 1 aromatic rings. The first-order chi connectivity index (χ1) is 8.21. The summed E-state index contributed by atoms with van der Waals surface area (Å²) in [5.74, 6) is 0.613. The minimum atomic E-state index is 0.246. The molecule has 0 amide bonds. The summed E-state index contributed by atoms with van der Waals surface area (Å²) in [5.41, 5.74) is 7.86. The molecule has 1 heterocycles. The molecule has 0 bridgehead atoms. The molecule has 0 fully saturated rings. The Morgan fingerprint density at radius 3 is 2.41 bits per heavy atom. The summed E-state index contributed by atoms with van der Waals surface area (Å²) in [4.78, 5) is 4.46. The van der Waals surface area contributed by atoms with Crippen molar-refractivity contribution < 1.29 is 0 Å². The van der Waals surface area contributed by atoms with Crippen LogP contribution in [-0.4, -0.2) is 27.8 Å². The van der Waals surface area contributed by atoms with Crippen molar-refractivity contribution in [1.29, 1.82) is 0 Å². The lowest BCUT2D eigenvalue weighted by Crippen LogP contribution is -2.22. The Morgan fingerprint density at radius 2 is 1.82 bits per heavy atom. The number of hydrogen-bond acceptors (Lipinski definition) is 5. The van der Waals surface area contributed by atoms with Crippen LogP contribution in [0, 0.1) is 0 Å². The zero-order valence-electron chi connectivity index (χ0n) is 11.0. The van der Waals surface area contributed by atoms with Crippen LogP contribution in [0.4, 0.5) is 5.95 Å². The van der Waals surface area contributed by atoms with Crippen LogP contribution in [0.5, 0.6) is 0 Å². The summed E-state index contributed by atoms with van der Waals surface area (Å²) >= 11 is 0. The maximum absolute atomic E-state index is 5.84. The van der Waals surface area contributed by atoms with Crippen molar-refractivity contribution in [2.45, 2.75) is 52.5 Å². The van der Waals surface area contributed by atoms with E-state index >= 15 is 0 Å². The van der Waals surface area contributed by atoms with E-state index in [1.807, 2.05) is 0 Å². The van der Waals surface area contributed by atoms with Gasteiger partial charge in [0.05, 0.1) is 11.4 Å². The van der Waals surface area contributed by atoms with E-state index in [2.05, 4.69) is 41.3 Å².